The molecule has 8 nitrogen and oxygen atoms in total. The van der Waals surface area contributed by atoms with Crippen molar-refractivity contribution >= 4 is 33.0 Å². The summed E-state index contributed by atoms with van der Waals surface area (Å²) in [5, 5.41) is 0.209. The van der Waals surface area contributed by atoms with Crippen molar-refractivity contribution in [1.82, 2.24) is 9.55 Å². The zero-order valence-electron chi connectivity index (χ0n) is 18.6. The fourth-order valence-corrected chi connectivity index (χ4v) is 5.17. The van der Waals surface area contributed by atoms with Crippen LogP contribution in [-0.2, 0) is 16.7 Å². The van der Waals surface area contributed by atoms with E-state index in [1.54, 1.807) is 12.1 Å². The van der Waals surface area contributed by atoms with Gasteiger partial charge in [-0.05, 0) is 11.0 Å². The number of carbonyl (C=O) groups is 1. The van der Waals surface area contributed by atoms with Crippen molar-refractivity contribution in [3.63, 3.8) is 0 Å². The van der Waals surface area contributed by atoms with Crippen LogP contribution in [0, 0.1) is 0 Å². The Hall–Kier alpha value is -2.75. The largest absolute Gasteiger partial charge is 0.397 e. The molecular weight excluding hydrogens is 428 g/mol. The van der Waals surface area contributed by atoms with Gasteiger partial charge in [-0.25, -0.2) is 4.79 Å². The Morgan fingerprint density at radius 2 is 1.84 bits per heavy atom. The maximum absolute atomic E-state index is 13.2. The Morgan fingerprint density at radius 1 is 1.19 bits per heavy atom. The number of ketones is 1. The highest BCUT2D eigenvalue weighted by atomic mass is 32.1. The Bertz CT molecular complexity index is 1260. The number of nitrogens with zero attached hydrogens (tertiary/aromatic N) is 1. The molecule has 3 aromatic rings. The lowest BCUT2D eigenvalue weighted by Gasteiger charge is -2.23. The van der Waals surface area contributed by atoms with Gasteiger partial charge in [0.05, 0.1) is 37.4 Å². The molecule has 1 aromatic carbocycles. The zero-order valence-corrected chi connectivity index (χ0v) is 19.4. The minimum Gasteiger partial charge on any atom is -0.397 e. The number of H-pyrrole nitrogens is 1. The first-order chi connectivity index (χ1) is 15.2. The number of carbonyl (C=O) groups excluding carboxylic acids is 1. The van der Waals surface area contributed by atoms with Crippen LogP contribution >= 0.6 is 11.3 Å². The van der Waals surface area contributed by atoms with E-state index in [9.17, 15) is 14.4 Å². The lowest BCUT2D eigenvalue weighted by Crippen LogP contribution is -3.14. The molecule has 0 radical (unpaired) electrons. The smallest absolute Gasteiger partial charge is 0.329 e. The zero-order chi connectivity index (χ0) is 23.0. The standard InChI is InChI=1S/C23H28N4O4S/c1-23(2,3)15-6-4-14(5-7-15)18(28)19-17(24)16-20(29)25-22(30)27(21(16)32-19)9-8-26-10-12-31-13-11-26/h4-7H,8-13,24H2,1-3H3,(H,25,29,30)/p+1. The van der Waals surface area contributed by atoms with E-state index in [1.165, 1.54) is 9.47 Å². The van der Waals surface area contributed by atoms with Gasteiger partial charge in [-0.1, -0.05) is 45.0 Å². The lowest BCUT2D eigenvalue weighted by atomic mass is 9.86. The van der Waals surface area contributed by atoms with Crippen LogP contribution < -0.4 is 21.9 Å². The summed E-state index contributed by atoms with van der Waals surface area (Å²) >= 11 is 1.11. The number of nitrogen functional groups attached to an aromatic ring is 1. The summed E-state index contributed by atoms with van der Waals surface area (Å²) in [7, 11) is 0. The van der Waals surface area contributed by atoms with E-state index in [4.69, 9.17) is 10.5 Å². The minimum absolute atomic E-state index is 0.0238. The van der Waals surface area contributed by atoms with Crippen molar-refractivity contribution in [1.29, 1.82) is 0 Å². The molecule has 4 rings (SSSR count). The van der Waals surface area contributed by atoms with E-state index in [0.29, 0.717) is 30.2 Å². The number of nitrogens with one attached hydrogen (secondary N) is 2. The highest BCUT2D eigenvalue weighted by molar-refractivity contribution is 7.21. The summed E-state index contributed by atoms with van der Waals surface area (Å²) in [6.07, 6.45) is 0. The van der Waals surface area contributed by atoms with Crippen molar-refractivity contribution in [2.24, 2.45) is 0 Å². The molecule has 32 heavy (non-hydrogen) atoms. The van der Waals surface area contributed by atoms with Crippen LogP contribution in [-0.4, -0.2) is 48.2 Å². The number of benzene rings is 1. The third kappa shape index (κ3) is 4.28. The highest BCUT2D eigenvalue weighted by Gasteiger charge is 2.24. The molecule has 0 amide bonds. The number of rotatable bonds is 5. The number of aromatic nitrogens is 2. The molecule has 0 unspecified atom stereocenters. The Balaban J connectivity index is 1.71. The second-order valence-corrected chi connectivity index (χ2v) is 10.2. The van der Waals surface area contributed by atoms with Crippen LogP contribution in [0.25, 0.3) is 10.2 Å². The van der Waals surface area contributed by atoms with Gasteiger partial charge in [0.15, 0.2) is 0 Å². The predicted molar refractivity (Wildman–Crippen MR) is 126 cm³/mol. The van der Waals surface area contributed by atoms with Crippen LogP contribution in [0.5, 0.6) is 0 Å². The van der Waals surface area contributed by atoms with Crippen molar-refractivity contribution in [3.8, 4) is 0 Å². The molecule has 1 fully saturated rings. The second kappa shape index (κ2) is 8.65. The normalized spacial score (nSPS) is 15.3. The molecule has 0 saturated carbocycles. The Kier molecular flexibility index (Phi) is 6.07. The Labute approximate surface area is 189 Å². The van der Waals surface area contributed by atoms with Gasteiger partial charge in [-0.2, -0.15) is 0 Å². The third-order valence-electron chi connectivity index (χ3n) is 5.97. The van der Waals surface area contributed by atoms with Crippen molar-refractivity contribution < 1.29 is 14.4 Å². The number of hydrogen-bond acceptors (Lipinski definition) is 6. The average molecular weight is 458 g/mol. The number of quaternary nitrogens is 1. The molecular formula is C23H29N4O4S+. The average Bonchev–Trinajstić information content (AvgIpc) is 3.10. The monoisotopic (exact) mass is 457 g/mol. The highest BCUT2D eigenvalue weighted by Crippen LogP contribution is 2.33. The summed E-state index contributed by atoms with van der Waals surface area (Å²) in [5.74, 6) is -0.249. The van der Waals surface area contributed by atoms with Crippen LogP contribution in [0.3, 0.4) is 0 Å². The van der Waals surface area contributed by atoms with Gasteiger partial charge in [0.2, 0.25) is 5.78 Å². The molecule has 0 atom stereocenters. The number of nitrogens with two attached hydrogens (primary N) is 1. The van der Waals surface area contributed by atoms with Crippen molar-refractivity contribution in [2.45, 2.75) is 32.7 Å². The molecule has 9 heteroatoms. The summed E-state index contributed by atoms with van der Waals surface area (Å²) < 4.78 is 6.91. The summed E-state index contributed by atoms with van der Waals surface area (Å²) in [4.78, 5) is 42.7. The van der Waals surface area contributed by atoms with Gasteiger partial charge in [-0.3, -0.25) is 19.1 Å². The molecule has 0 bridgehead atoms. The molecule has 1 saturated heterocycles. The van der Waals surface area contributed by atoms with Gasteiger partial charge in [0.1, 0.15) is 22.8 Å². The van der Waals surface area contributed by atoms with Crippen LogP contribution in [0.15, 0.2) is 33.9 Å². The molecule has 3 heterocycles. The SMILES string of the molecule is CC(C)(C)c1ccc(C(=O)c2sc3c(c2N)c(=O)[nH]c(=O)n3CC[NH+]2CCOCC2)cc1. The molecule has 0 spiro atoms. The fraction of sp³-hybridized carbons (Fsp3) is 0.435. The van der Waals surface area contributed by atoms with Crippen LogP contribution in [0.2, 0.25) is 0 Å². The quantitative estimate of drug-likeness (QED) is 0.490. The van der Waals surface area contributed by atoms with E-state index >= 15 is 0 Å². The van der Waals surface area contributed by atoms with Gasteiger partial charge in [0.25, 0.3) is 5.56 Å². The molecule has 0 aliphatic carbocycles. The molecule has 4 N–H and O–H groups in total. The van der Waals surface area contributed by atoms with E-state index in [-0.39, 0.29) is 27.1 Å². The number of fused-ring (bicyclic) bond motifs is 1. The predicted octanol–water partition coefficient (Wildman–Crippen LogP) is 0.777. The molecule has 170 valence electrons. The third-order valence-corrected chi connectivity index (χ3v) is 7.20. The fourth-order valence-electron chi connectivity index (χ4n) is 3.96. The maximum Gasteiger partial charge on any atom is 0.329 e. The number of ether oxygens (including phenoxy) is 1. The van der Waals surface area contributed by atoms with Crippen LogP contribution in [0.1, 0.15) is 41.6 Å². The number of aromatic amines is 1. The second-order valence-electron chi connectivity index (χ2n) is 9.20. The molecule has 1 aliphatic rings. The molecule has 2 aromatic heterocycles. The maximum atomic E-state index is 13.2. The number of hydrogen-bond donors (Lipinski definition) is 3. The first kappa shape index (κ1) is 22.4. The van der Waals surface area contributed by atoms with E-state index in [2.05, 4.69) is 25.8 Å². The Morgan fingerprint density at radius 3 is 2.47 bits per heavy atom. The van der Waals surface area contributed by atoms with Gasteiger partial charge >= 0.3 is 5.69 Å². The van der Waals surface area contributed by atoms with Crippen LogP contribution in [0.4, 0.5) is 5.69 Å². The number of thiophene rings is 1. The first-order valence-corrected chi connectivity index (χ1v) is 11.6. The topological polar surface area (TPSA) is 112 Å². The van der Waals surface area contributed by atoms with Crippen molar-refractivity contribution in [2.75, 3.05) is 38.6 Å². The minimum atomic E-state index is -0.559. The first-order valence-electron chi connectivity index (χ1n) is 10.8. The summed E-state index contributed by atoms with van der Waals surface area (Å²) in [6, 6.07) is 7.44. The van der Waals surface area contributed by atoms with Gasteiger partial charge in [0, 0.05) is 5.56 Å². The van der Waals surface area contributed by atoms with Gasteiger partial charge < -0.3 is 15.4 Å². The summed E-state index contributed by atoms with van der Waals surface area (Å²) in [5.41, 5.74) is 6.95. The van der Waals surface area contributed by atoms with Gasteiger partial charge in [-0.15, -0.1) is 11.3 Å². The van der Waals surface area contributed by atoms with E-state index < -0.39 is 11.2 Å². The summed E-state index contributed by atoms with van der Waals surface area (Å²) in [6.45, 7) is 10.6. The molecule has 1 aliphatic heterocycles. The van der Waals surface area contributed by atoms with E-state index in [1.807, 2.05) is 12.1 Å². The number of anilines is 1. The van der Waals surface area contributed by atoms with E-state index in [0.717, 1.165) is 36.5 Å². The van der Waals surface area contributed by atoms with Crippen molar-refractivity contribution in [3.05, 3.63) is 61.1 Å². The lowest BCUT2D eigenvalue weighted by molar-refractivity contribution is -0.908. The number of morpholine rings is 1.